The lowest BCUT2D eigenvalue weighted by molar-refractivity contribution is -0.180. The monoisotopic (exact) mass is 592 g/mol. The molecule has 0 radical (unpaired) electrons. The van der Waals surface area contributed by atoms with Gasteiger partial charge in [0, 0.05) is 12.5 Å². The molecule has 4 aliphatic rings. The highest BCUT2D eigenvalue weighted by molar-refractivity contribution is 5.90. The number of aliphatic hydroxyl groups is 2. The molecule has 0 saturated heterocycles. The maximum Gasteiger partial charge on any atom is 0.297 e. The Hall–Kier alpha value is -3.75. The van der Waals surface area contributed by atoms with Crippen molar-refractivity contribution in [3.63, 3.8) is 0 Å². The van der Waals surface area contributed by atoms with E-state index < -0.39 is 17.1 Å². The fourth-order valence-corrected chi connectivity index (χ4v) is 9.92. The number of carbonyl (C=O) groups excluding carboxylic acids is 1. The predicted octanol–water partition coefficient (Wildman–Crippen LogP) is 5.29. The highest BCUT2D eigenvalue weighted by Gasteiger charge is 2.68. The number of ketones is 1. The predicted molar refractivity (Wildman–Crippen MR) is 167 cm³/mol. The molecule has 8 heteroatoms. The first kappa shape index (κ1) is 27.8. The Morgan fingerprint density at radius 3 is 2.66 bits per heavy atom. The van der Waals surface area contributed by atoms with Crippen molar-refractivity contribution in [1.82, 2.24) is 19.3 Å². The number of benzene rings is 2. The van der Waals surface area contributed by atoms with Crippen molar-refractivity contribution in [2.45, 2.75) is 64.1 Å². The van der Waals surface area contributed by atoms with Gasteiger partial charge in [0.05, 0.1) is 34.7 Å². The Balaban J connectivity index is 1.05. The van der Waals surface area contributed by atoms with Gasteiger partial charge in [-0.15, -0.1) is 0 Å². The molecule has 44 heavy (non-hydrogen) atoms. The van der Waals surface area contributed by atoms with Gasteiger partial charge in [-0.05, 0) is 97.6 Å². The SMILES string of the molecule is Cn1c(OCC(=O)[C@@]2(O)CCC3C4CCC5=Cc6c(cnn6-c6ccccc6)CC5(C)C4[C@@H](O)CC32C)nc2ccccc21. The van der Waals surface area contributed by atoms with E-state index in [4.69, 9.17) is 9.84 Å². The largest absolute Gasteiger partial charge is 0.457 e. The second kappa shape index (κ2) is 9.62. The van der Waals surface area contributed by atoms with E-state index in [0.717, 1.165) is 48.1 Å². The molecule has 0 aliphatic heterocycles. The van der Waals surface area contributed by atoms with Crippen LogP contribution >= 0.6 is 0 Å². The van der Waals surface area contributed by atoms with Gasteiger partial charge in [-0.25, -0.2) is 4.68 Å². The Morgan fingerprint density at radius 1 is 1.09 bits per heavy atom. The average Bonchev–Trinajstić information content (AvgIpc) is 3.66. The number of aryl methyl sites for hydroxylation is 1. The molecule has 3 saturated carbocycles. The van der Waals surface area contributed by atoms with Crippen LogP contribution in [0.25, 0.3) is 22.8 Å². The van der Waals surface area contributed by atoms with Crippen molar-refractivity contribution in [3.05, 3.63) is 77.6 Å². The Labute approximate surface area is 257 Å². The number of hydrogen-bond acceptors (Lipinski definition) is 6. The smallest absolute Gasteiger partial charge is 0.297 e. The lowest BCUT2D eigenvalue weighted by Crippen LogP contribution is -2.62. The van der Waals surface area contributed by atoms with Gasteiger partial charge in [0.25, 0.3) is 6.01 Å². The average molecular weight is 593 g/mol. The summed E-state index contributed by atoms with van der Waals surface area (Å²) >= 11 is 0. The molecule has 2 aromatic heterocycles. The summed E-state index contributed by atoms with van der Waals surface area (Å²) in [5, 5.41) is 28.9. The molecule has 0 amide bonds. The van der Waals surface area contributed by atoms with Crippen LogP contribution in [0.15, 0.2) is 66.4 Å². The zero-order valence-corrected chi connectivity index (χ0v) is 25.6. The van der Waals surface area contributed by atoms with E-state index >= 15 is 0 Å². The third kappa shape index (κ3) is 3.73. The van der Waals surface area contributed by atoms with E-state index in [1.807, 2.05) is 71.9 Å². The first-order chi connectivity index (χ1) is 21.1. The second-order valence-corrected chi connectivity index (χ2v) is 14.1. The number of rotatable bonds is 5. The molecule has 2 aromatic carbocycles. The van der Waals surface area contributed by atoms with Crippen molar-refractivity contribution in [2.24, 2.45) is 35.6 Å². The van der Waals surface area contributed by atoms with Gasteiger partial charge >= 0.3 is 0 Å². The minimum absolute atomic E-state index is 0.0579. The first-order valence-corrected chi connectivity index (χ1v) is 16.0. The van der Waals surface area contributed by atoms with Crippen molar-refractivity contribution < 1.29 is 19.7 Å². The zero-order chi connectivity index (χ0) is 30.4. The van der Waals surface area contributed by atoms with Gasteiger partial charge in [-0.1, -0.05) is 49.8 Å². The second-order valence-electron chi connectivity index (χ2n) is 14.1. The molecular formula is C36H40N4O4. The molecule has 8 rings (SSSR count). The van der Waals surface area contributed by atoms with Crippen molar-refractivity contribution >= 4 is 22.9 Å². The van der Waals surface area contributed by atoms with Crippen molar-refractivity contribution in [1.29, 1.82) is 0 Å². The number of aliphatic hydroxyl groups excluding tert-OH is 1. The van der Waals surface area contributed by atoms with Gasteiger partial charge in [0.2, 0.25) is 5.78 Å². The number of Topliss-reactive ketones (excluding diaryl/α,β-unsaturated/α-hetero) is 1. The fourth-order valence-electron chi connectivity index (χ4n) is 9.92. The number of carbonyl (C=O) groups is 1. The quantitative estimate of drug-likeness (QED) is 0.327. The zero-order valence-electron chi connectivity index (χ0n) is 25.6. The van der Waals surface area contributed by atoms with Crippen LogP contribution in [0, 0.1) is 28.6 Å². The summed E-state index contributed by atoms with van der Waals surface area (Å²) in [6, 6.07) is 18.3. The molecule has 3 fully saturated rings. The normalized spacial score (nSPS) is 34.1. The molecule has 7 atom stereocenters. The summed E-state index contributed by atoms with van der Waals surface area (Å²) < 4.78 is 9.79. The summed E-state index contributed by atoms with van der Waals surface area (Å²) in [6.45, 7) is 4.11. The van der Waals surface area contributed by atoms with E-state index in [2.05, 4.69) is 30.1 Å². The summed E-state index contributed by atoms with van der Waals surface area (Å²) in [5.41, 5.74) is 4.01. The molecular weight excluding hydrogens is 552 g/mol. The maximum absolute atomic E-state index is 13.8. The molecule has 4 aromatic rings. The molecule has 4 aliphatic carbocycles. The number of hydrogen-bond donors (Lipinski definition) is 2. The summed E-state index contributed by atoms with van der Waals surface area (Å²) in [7, 11) is 1.86. The number of fused-ring (bicyclic) bond motifs is 7. The van der Waals surface area contributed by atoms with Crippen LogP contribution in [-0.2, 0) is 18.3 Å². The number of ether oxygens (including phenoxy) is 1. The number of allylic oxidation sites excluding steroid dienone is 1. The van der Waals surface area contributed by atoms with Gasteiger partial charge in [0.15, 0.2) is 6.61 Å². The van der Waals surface area contributed by atoms with Crippen LogP contribution in [0.2, 0.25) is 0 Å². The van der Waals surface area contributed by atoms with Gasteiger partial charge in [-0.2, -0.15) is 10.1 Å². The minimum Gasteiger partial charge on any atom is -0.457 e. The van der Waals surface area contributed by atoms with Crippen LogP contribution in [0.5, 0.6) is 6.01 Å². The Kier molecular flexibility index (Phi) is 6.07. The Bertz CT molecular complexity index is 1810. The number of imidazole rings is 1. The number of nitrogens with zero attached hydrogens (tertiary/aromatic N) is 4. The summed E-state index contributed by atoms with van der Waals surface area (Å²) in [5.74, 6) is 0.104. The maximum atomic E-state index is 13.8. The molecule has 8 nitrogen and oxygen atoms in total. The summed E-state index contributed by atoms with van der Waals surface area (Å²) in [6.07, 6.45) is 7.96. The van der Waals surface area contributed by atoms with E-state index in [9.17, 15) is 15.0 Å². The molecule has 0 spiro atoms. The molecule has 5 unspecified atom stereocenters. The van der Waals surface area contributed by atoms with Crippen molar-refractivity contribution in [3.8, 4) is 11.7 Å². The van der Waals surface area contributed by atoms with E-state index in [0.29, 0.717) is 18.9 Å². The van der Waals surface area contributed by atoms with E-state index in [1.54, 1.807) is 0 Å². The van der Waals surface area contributed by atoms with E-state index in [1.165, 1.54) is 11.1 Å². The topological polar surface area (TPSA) is 102 Å². The first-order valence-electron chi connectivity index (χ1n) is 16.0. The van der Waals surface area contributed by atoms with Gasteiger partial charge in [0.1, 0.15) is 5.60 Å². The van der Waals surface area contributed by atoms with Crippen molar-refractivity contribution in [2.75, 3.05) is 6.61 Å². The van der Waals surface area contributed by atoms with Crippen LogP contribution in [0.4, 0.5) is 0 Å². The number of para-hydroxylation sites is 3. The third-order valence-corrected chi connectivity index (χ3v) is 12.1. The van der Waals surface area contributed by atoms with Crippen LogP contribution < -0.4 is 4.74 Å². The van der Waals surface area contributed by atoms with E-state index in [-0.39, 0.29) is 35.6 Å². The fraction of sp³-hybridized carbons (Fsp3) is 0.472. The molecule has 228 valence electrons. The molecule has 2 heterocycles. The van der Waals surface area contributed by atoms with Gasteiger partial charge < -0.3 is 14.9 Å². The minimum atomic E-state index is -1.55. The third-order valence-electron chi connectivity index (χ3n) is 12.1. The number of aromatic nitrogens is 4. The standard InChI is InChI=1S/C36H40N4O4/c1-34-18-22-20-37-40(24-9-5-4-6-10-24)29(22)17-23(34)13-14-25-26-15-16-36(43,35(26,2)19-30(41)32(25)34)31(42)21-44-33-38-27-11-7-8-12-28(27)39(33)3/h4-12,17,20,25-26,30,32,41,43H,13-16,18-19,21H2,1-3H3/t25?,26?,30-,32?,34?,35?,36-/m0/s1. The van der Waals surface area contributed by atoms with Crippen LogP contribution in [0.1, 0.15) is 57.2 Å². The highest BCUT2D eigenvalue weighted by atomic mass is 16.5. The van der Waals surface area contributed by atoms with Crippen LogP contribution in [0.3, 0.4) is 0 Å². The molecule has 2 N–H and O–H groups in total. The van der Waals surface area contributed by atoms with Crippen LogP contribution in [-0.4, -0.2) is 53.6 Å². The molecule has 0 bridgehead atoms. The van der Waals surface area contributed by atoms with Gasteiger partial charge in [-0.3, -0.25) is 9.36 Å². The lowest BCUT2D eigenvalue weighted by Gasteiger charge is -2.60. The lowest BCUT2D eigenvalue weighted by atomic mass is 9.45. The summed E-state index contributed by atoms with van der Waals surface area (Å²) in [4.78, 5) is 18.4. The Morgan fingerprint density at radius 2 is 1.86 bits per heavy atom. The highest BCUT2D eigenvalue weighted by Crippen LogP contribution is 2.67.